The van der Waals surface area contributed by atoms with E-state index in [0.29, 0.717) is 12.8 Å². The monoisotopic (exact) mass is 170 g/mol. The molecule has 0 aromatic rings. The largest absolute Gasteiger partial charge is 0.300 e. The van der Waals surface area contributed by atoms with Crippen molar-refractivity contribution in [2.45, 2.75) is 40.5 Å². The summed E-state index contributed by atoms with van der Waals surface area (Å²) in [6.07, 6.45) is 0.948. The molecule has 0 aliphatic rings. The summed E-state index contributed by atoms with van der Waals surface area (Å²) in [4.78, 5) is 22.3. The Morgan fingerprint density at radius 2 is 1.67 bits per heavy atom. The Morgan fingerprint density at radius 1 is 1.17 bits per heavy atom. The molecule has 2 nitrogen and oxygen atoms in total. The number of rotatable bonds is 5. The molecule has 0 aromatic carbocycles. The Balaban J connectivity index is 3.95. The molecular weight excluding hydrogens is 152 g/mol. The zero-order valence-corrected chi connectivity index (χ0v) is 8.39. The van der Waals surface area contributed by atoms with Crippen molar-refractivity contribution in [2.75, 3.05) is 0 Å². The van der Waals surface area contributed by atoms with Crippen molar-refractivity contribution in [3.63, 3.8) is 0 Å². The highest BCUT2D eigenvalue weighted by molar-refractivity contribution is 5.88. The molecule has 12 heavy (non-hydrogen) atoms. The minimum atomic E-state index is -0.0996. The lowest BCUT2D eigenvalue weighted by atomic mass is 9.92. The SMILES string of the molecule is CCC(=O)C[C@H](C)C(=O)C(C)C. The summed E-state index contributed by atoms with van der Waals surface area (Å²) in [5, 5.41) is 0. The molecule has 70 valence electrons. The van der Waals surface area contributed by atoms with Crippen LogP contribution in [-0.2, 0) is 9.59 Å². The summed E-state index contributed by atoms with van der Waals surface area (Å²) in [6, 6.07) is 0. The van der Waals surface area contributed by atoms with Crippen LogP contribution in [0.4, 0.5) is 0 Å². The van der Waals surface area contributed by atoms with Crippen LogP contribution in [0.3, 0.4) is 0 Å². The van der Waals surface area contributed by atoms with Gasteiger partial charge in [0, 0.05) is 24.7 Å². The van der Waals surface area contributed by atoms with Gasteiger partial charge in [0.1, 0.15) is 11.6 Å². The fourth-order valence-electron chi connectivity index (χ4n) is 1.16. The highest BCUT2D eigenvalue weighted by Crippen LogP contribution is 2.11. The zero-order valence-electron chi connectivity index (χ0n) is 8.39. The van der Waals surface area contributed by atoms with Crippen LogP contribution in [-0.4, -0.2) is 11.6 Å². The Kier molecular flexibility index (Phi) is 4.79. The highest BCUT2D eigenvalue weighted by atomic mass is 16.1. The summed E-state index contributed by atoms with van der Waals surface area (Å²) < 4.78 is 0. The zero-order chi connectivity index (χ0) is 9.72. The topological polar surface area (TPSA) is 34.1 Å². The molecule has 0 radical (unpaired) electrons. The number of carbonyl (C=O) groups is 2. The van der Waals surface area contributed by atoms with Gasteiger partial charge in [0.15, 0.2) is 0 Å². The number of ketones is 2. The Bertz CT molecular complexity index is 171. The molecular formula is C10H18O2. The van der Waals surface area contributed by atoms with Gasteiger partial charge in [-0.05, 0) is 0 Å². The second-order valence-electron chi connectivity index (χ2n) is 3.55. The second kappa shape index (κ2) is 5.07. The molecule has 0 unspecified atom stereocenters. The molecule has 2 heteroatoms. The van der Waals surface area contributed by atoms with Crippen LogP contribution in [0, 0.1) is 11.8 Å². The van der Waals surface area contributed by atoms with Crippen molar-refractivity contribution >= 4 is 11.6 Å². The molecule has 0 aromatic heterocycles. The van der Waals surface area contributed by atoms with Crippen LogP contribution in [0.15, 0.2) is 0 Å². The molecule has 0 rings (SSSR count). The molecule has 0 aliphatic heterocycles. The first-order valence-electron chi connectivity index (χ1n) is 4.54. The van der Waals surface area contributed by atoms with E-state index in [1.165, 1.54) is 0 Å². The molecule has 1 atom stereocenters. The average molecular weight is 170 g/mol. The van der Waals surface area contributed by atoms with Gasteiger partial charge in [-0.25, -0.2) is 0 Å². The summed E-state index contributed by atoms with van der Waals surface area (Å²) >= 11 is 0. The van der Waals surface area contributed by atoms with Crippen LogP contribution in [0.25, 0.3) is 0 Å². The van der Waals surface area contributed by atoms with Crippen molar-refractivity contribution in [1.29, 1.82) is 0 Å². The molecule has 0 heterocycles. The van der Waals surface area contributed by atoms with Crippen LogP contribution in [0.2, 0.25) is 0 Å². The third-order valence-corrected chi connectivity index (χ3v) is 1.98. The van der Waals surface area contributed by atoms with Gasteiger partial charge in [-0.1, -0.05) is 27.7 Å². The number of carbonyl (C=O) groups excluding carboxylic acids is 2. The van der Waals surface area contributed by atoms with Crippen molar-refractivity contribution in [3.05, 3.63) is 0 Å². The summed E-state index contributed by atoms with van der Waals surface area (Å²) in [5.41, 5.74) is 0. The average Bonchev–Trinajstić information content (AvgIpc) is 2.02. The molecule has 0 amide bonds. The maximum Gasteiger partial charge on any atom is 0.138 e. The highest BCUT2D eigenvalue weighted by Gasteiger charge is 2.18. The minimum Gasteiger partial charge on any atom is -0.300 e. The molecule has 0 aliphatic carbocycles. The van der Waals surface area contributed by atoms with Crippen molar-refractivity contribution in [3.8, 4) is 0 Å². The summed E-state index contributed by atoms with van der Waals surface area (Å²) in [7, 11) is 0. The Labute approximate surface area is 74.3 Å². The van der Waals surface area contributed by atoms with E-state index in [1.54, 1.807) is 0 Å². The van der Waals surface area contributed by atoms with Crippen LogP contribution in [0.5, 0.6) is 0 Å². The lowest BCUT2D eigenvalue weighted by Crippen LogP contribution is -2.19. The summed E-state index contributed by atoms with van der Waals surface area (Å²) in [5.74, 6) is 0.315. The van der Waals surface area contributed by atoms with Crippen LogP contribution >= 0.6 is 0 Å². The van der Waals surface area contributed by atoms with E-state index >= 15 is 0 Å². The molecule has 0 spiro atoms. The predicted molar refractivity (Wildman–Crippen MR) is 48.9 cm³/mol. The van der Waals surface area contributed by atoms with Gasteiger partial charge in [0.05, 0.1) is 0 Å². The third kappa shape index (κ3) is 3.65. The predicted octanol–water partition coefficient (Wildman–Crippen LogP) is 2.22. The van der Waals surface area contributed by atoms with Gasteiger partial charge in [0.25, 0.3) is 0 Å². The molecule has 0 saturated carbocycles. The first-order chi connectivity index (χ1) is 5.49. The van der Waals surface area contributed by atoms with Crippen molar-refractivity contribution in [2.24, 2.45) is 11.8 Å². The lowest BCUT2D eigenvalue weighted by molar-refractivity contribution is -0.129. The maximum absolute atomic E-state index is 11.3. The third-order valence-electron chi connectivity index (χ3n) is 1.98. The van der Waals surface area contributed by atoms with Gasteiger partial charge in [-0.2, -0.15) is 0 Å². The standard InChI is InChI=1S/C10H18O2/c1-5-9(11)6-8(4)10(12)7(2)3/h7-8H,5-6H2,1-4H3/t8-/m0/s1. The van der Waals surface area contributed by atoms with Gasteiger partial charge in [0.2, 0.25) is 0 Å². The van der Waals surface area contributed by atoms with E-state index in [-0.39, 0.29) is 23.4 Å². The fourth-order valence-corrected chi connectivity index (χ4v) is 1.16. The molecule has 0 fully saturated rings. The summed E-state index contributed by atoms with van der Waals surface area (Å²) in [6.45, 7) is 7.40. The van der Waals surface area contributed by atoms with E-state index in [4.69, 9.17) is 0 Å². The molecule has 0 N–H and O–H groups in total. The van der Waals surface area contributed by atoms with Gasteiger partial charge < -0.3 is 0 Å². The number of hydrogen-bond donors (Lipinski definition) is 0. The smallest absolute Gasteiger partial charge is 0.138 e. The van der Waals surface area contributed by atoms with Crippen molar-refractivity contribution in [1.82, 2.24) is 0 Å². The fraction of sp³-hybridized carbons (Fsp3) is 0.800. The van der Waals surface area contributed by atoms with E-state index in [1.807, 2.05) is 27.7 Å². The van der Waals surface area contributed by atoms with E-state index in [9.17, 15) is 9.59 Å². The normalized spacial score (nSPS) is 13.1. The quantitative estimate of drug-likeness (QED) is 0.634. The van der Waals surface area contributed by atoms with Gasteiger partial charge in [-0.3, -0.25) is 9.59 Å². The molecule has 0 saturated heterocycles. The Morgan fingerprint density at radius 3 is 2.00 bits per heavy atom. The molecule has 0 bridgehead atoms. The van der Waals surface area contributed by atoms with E-state index in [2.05, 4.69) is 0 Å². The lowest BCUT2D eigenvalue weighted by Gasteiger charge is -2.10. The van der Waals surface area contributed by atoms with Crippen LogP contribution in [0.1, 0.15) is 40.5 Å². The number of hydrogen-bond acceptors (Lipinski definition) is 2. The van der Waals surface area contributed by atoms with E-state index in [0.717, 1.165) is 0 Å². The minimum absolute atomic E-state index is 0.0460. The van der Waals surface area contributed by atoms with Crippen molar-refractivity contribution < 1.29 is 9.59 Å². The first kappa shape index (κ1) is 11.3. The van der Waals surface area contributed by atoms with E-state index < -0.39 is 0 Å². The first-order valence-corrected chi connectivity index (χ1v) is 4.54. The Hall–Kier alpha value is -0.660. The van der Waals surface area contributed by atoms with Gasteiger partial charge >= 0.3 is 0 Å². The van der Waals surface area contributed by atoms with Crippen LogP contribution < -0.4 is 0 Å². The second-order valence-corrected chi connectivity index (χ2v) is 3.55. The van der Waals surface area contributed by atoms with Gasteiger partial charge in [-0.15, -0.1) is 0 Å². The number of Topliss-reactive ketones (excluding diaryl/α,β-unsaturated/α-hetero) is 2. The maximum atomic E-state index is 11.3.